The van der Waals surface area contributed by atoms with Gasteiger partial charge in [-0.05, 0) is 11.6 Å². The molecule has 1 aromatic carbocycles. The van der Waals surface area contributed by atoms with Crippen LogP contribution in [0.3, 0.4) is 0 Å². The SMILES string of the molecule is N#CC1=C(SCC(N)=O)N[C@@H](N)[C@@H](C#N)[C@H]1c1ccccc1Cl. The van der Waals surface area contributed by atoms with E-state index in [0.717, 1.165) is 11.8 Å². The molecule has 0 unspecified atom stereocenters. The number of rotatable bonds is 4. The number of nitrogens with two attached hydrogens (primary N) is 2. The lowest BCUT2D eigenvalue weighted by atomic mass is 9.78. The molecule has 0 bridgehead atoms. The second kappa shape index (κ2) is 7.38. The first-order valence-electron chi connectivity index (χ1n) is 6.71. The van der Waals surface area contributed by atoms with Crippen molar-refractivity contribution < 1.29 is 4.79 Å². The lowest BCUT2D eigenvalue weighted by Gasteiger charge is -2.35. The number of benzene rings is 1. The molecule has 3 atom stereocenters. The van der Waals surface area contributed by atoms with Crippen molar-refractivity contribution in [1.82, 2.24) is 5.32 Å². The molecule has 0 fully saturated rings. The van der Waals surface area contributed by atoms with Crippen molar-refractivity contribution in [2.24, 2.45) is 17.4 Å². The molecule has 0 aromatic heterocycles. The first-order chi connectivity index (χ1) is 11.0. The predicted molar refractivity (Wildman–Crippen MR) is 88.7 cm³/mol. The maximum Gasteiger partial charge on any atom is 0.227 e. The molecular formula is C15H14ClN5OS. The number of nitrogens with zero attached hydrogens (tertiary/aromatic N) is 2. The Morgan fingerprint density at radius 2 is 2.09 bits per heavy atom. The number of halogens is 1. The number of hydrogen-bond acceptors (Lipinski definition) is 6. The highest BCUT2D eigenvalue weighted by molar-refractivity contribution is 8.03. The highest BCUT2D eigenvalue weighted by Gasteiger charge is 2.39. The van der Waals surface area contributed by atoms with E-state index >= 15 is 0 Å². The fraction of sp³-hybridized carbons (Fsp3) is 0.267. The van der Waals surface area contributed by atoms with Crippen LogP contribution in [-0.4, -0.2) is 17.8 Å². The second-order valence-corrected chi connectivity index (χ2v) is 6.33. The minimum atomic E-state index is -0.686. The Kier molecular flexibility index (Phi) is 5.51. The van der Waals surface area contributed by atoms with Crippen LogP contribution in [0, 0.1) is 28.6 Å². The van der Waals surface area contributed by atoms with E-state index in [0.29, 0.717) is 21.2 Å². The van der Waals surface area contributed by atoms with Crippen molar-refractivity contribution in [1.29, 1.82) is 10.5 Å². The Bertz CT molecular complexity index is 736. The molecule has 1 aliphatic heterocycles. The number of carbonyl (C=O) groups is 1. The van der Waals surface area contributed by atoms with Gasteiger partial charge in [-0.25, -0.2) is 0 Å². The normalized spacial score (nSPS) is 23.6. The summed E-state index contributed by atoms with van der Waals surface area (Å²) in [5.74, 6) is -1.73. The monoisotopic (exact) mass is 347 g/mol. The van der Waals surface area contributed by atoms with Crippen LogP contribution < -0.4 is 16.8 Å². The van der Waals surface area contributed by atoms with Crippen LogP contribution in [0.25, 0.3) is 0 Å². The quantitative estimate of drug-likeness (QED) is 0.755. The van der Waals surface area contributed by atoms with E-state index in [2.05, 4.69) is 17.5 Å². The Morgan fingerprint density at radius 3 is 2.65 bits per heavy atom. The van der Waals surface area contributed by atoms with E-state index in [1.165, 1.54) is 0 Å². The summed E-state index contributed by atoms with van der Waals surface area (Å²) in [5.41, 5.74) is 12.2. The summed E-state index contributed by atoms with van der Waals surface area (Å²) in [5, 5.41) is 22.9. The van der Waals surface area contributed by atoms with Crippen LogP contribution in [0.1, 0.15) is 11.5 Å². The van der Waals surface area contributed by atoms with Gasteiger partial charge in [-0.2, -0.15) is 10.5 Å². The van der Waals surface area contributed by atoms with Gasteiger partial charge >= 0.3 is 0 Å². The summed E-state index contributed by atoms with van der Waals surface area (Å²) in [6.45, 7) is 0. The summed E-state index contributed by atoms with van der Waals surface area (Å²) in [7, 11) is 0. The zero-order chi connectivity index (χ0) is 17.0. The van der Waals surface area contributed by atoms with E-state index in [1.54, 1.807) is 24.3 Å². The van der Waals surface area contributed by atoms with Gasteiger partial charge in [-0.3, -0.25) is 4.79 Å². The van der Waals surface area contributed by atoms with Gasteiger partial charge in [0.05, 0.1) is 40.6 Å². The molecule has 1 heterocycles. The zero-order valence-corrected chi connectivity index (χ0v) is 13.6. The molecule has 1 aliphatic rings. The first-order valence-corrected chi connectivity index (χ1v) is 8.07. The average Bonchev–Trinajstić information content (AvgIpc) is 2.52. The van der Waals surface area contributed by atoms with Crippen LogP contribution in [0.5, 0.6) is 0 Å². The number of primary amides is 1. The standard InChI is InChI=1S/C15H14ClN5OS/c16-11-4-2-1-3-8(11)13-9(5-17)14(20)21-15(10(13)6-18)23-7-12(19)22/h1-4,9,13-14,21H,7,20H2,(H2,19,22)/t9-,13+,14+/m0/s1. The maximum absolute atomic E-state index is 11.0. The first kappa shape index (κ1) is 17.2. The molecule has 2 rings (SSSR count). The Labute approximate surface area is 143 Å². The highest BCUT2D eigenvalue weighted by atomic mass is 35.5. The van der Waals surface area contributed by atoms with Crippen molar-refractivity contribution in [3.05, 3.63) is 45.5 Å². The fourth-order valence-electron chi connectivity index (χ4n) is 2.46. The topological polar surface area (TPSA) is 129 Å². The van der Waals surface area contributed by atoms with Gasteiger partial charge in [0.25, 0.3) is 0 Å². The van der Waals surface area contributed by atoms with Gasteiger partial charge in [-0.15, -0.1) is 0 Å². The number of carbonyl (C=O) groups excluding carboxylic acids is 1. The second-order valence-electron chi connectivity index (χ2n) is 4.93. The van der Waals surface area contributed by atoms with E-state index in [-0.39, 0.29) is 5.75 Å². The third kappa shape index (κ3) is 3.59. The molecule has 5 N–H and O–H groups in total. The largest absolute Gasteiger partial charge is 0.369 e. The molecule has 1 amide bonds. The summed E-state index contributed by atoms with van der Waals surface area (Å²) < 4.78 is 0. The van der Waals surface area contributed by atoms with Crippen LogP contribution in [0.15, 0.2) is 34.9 Å². The predicted octanol–water partition coefficient (Wildman–Crippen LogP) is 1.41. The van der Waals surface area contributed by atoms with Crippen LogP contribution >= 0.6 is 23.4 Å². The molecule has 23 heavy (non-hydrogen) atoms. The van der Waals surface area contributed by atoms with Gasteiger partial charge in [0.2, 0.25) is 5.91 Å². The van der Waals surface area contributed by atoms with Crippen molar-refractivity contribution in [3.8, 4) is 12.1 Å². The van der Waals surface area contributed by atoms with Crippen LogP contribution in [0.4, 0.5) is 0 Å². The van der Waals surface area contributed by atoms with Crippen molar-refractivity contribution >= 4 is 29.3 Å². The molecule has 0 aliphatic carbocycles. The Hall–Kier alpha value is -2.19. The van der Waals surface area contributed by atoms with Gasteiger partial charge in [-0.1, -0.05) is 41.6 Å². The number of nitrogens with one attached hydrogen (secondary N) is 1. The van der Waals surface area contributed by atoms with Crippen LogP contribution in [-0.2, 0) is 4.79 Å². The summed E-state index contributed by atoms with van der Waals surface area (Å²) in [6.07, 6.45) is -0.686. The summed E-state index contributed by atoms with van der Waals surface area (Å²) in [6, 6.07) is 11.3. The summed E-state index contributed by atoms with van der Waals surface area (Å²) in [4.78, 5) is 11.0. The molecule has 1 aromatic rings. The number of allylic oxidation sites excluding steroid dienone is 1. The number of hydrogen-bond donors (Lipinski definition) is 3. The highest BCUT2D eigenvalue weighted by Crippen LogP contribution is 2.42. The van der Waals surface area contributed by atoms with E-state index in [4.69, 9.17) is 23.1 Å². The Balaban J connectivity index is 2.55. The van der Waals surface area contributed by atoms with E-state index in [1.807, 2.05) is 0 Å². The van der Waals surface area contributed by atoms with Crippen molar-refractivity contribution in [2.75, 3.05) is 5.75 Å². The zero-order valence-electron chi connectivity index (χ0n) is 12.0. The maximum atomic E-state index is 11.0. The number of thioether (sulfide) groups is 1. The number of nitriles is 2. The third-order valence-electron chi connectivity index (χ3n) is 3.47. The lowest BCUT2D eigenvalue weighted by Crippen LogP contribution is -2.49. The van der Waals surface area contributed by atoms with Gasteiger partial charge in [0, 0.05) is 10.9 Å². The minimum Gasteiger partial charge on any atom is -0.369 e. The molecule has 0 radical (unpaired) electrons. The smallest absolute Gasteiger partial charge is 0.227 e. The number of amides is 1. The molecule has 0 saturated heterocycles. The van der Waals surface area contributed by atoms with Gasteiger partial charge in [0.15, 0.2) is 0 Å². The van der Waals surface area contributed by atoms with Crippen molar-refractivity contribution in [2.45, 2.75) is 12.1 Å². The summed E-state index contributed by atoms with van der Waals surface area (Å²) >= 11 is 7.34. The fourth-order valence-corrected chi connectivity index (χ4v) is 3.55. The molecule has 0 saturated carbocycles. The lowest BCUT2D eigenvalue weighted by molar-refractivity contribution is -0.115. The Morgan fingerprint density at radius 1 is 1.39 bits per heavy atom. The molecule has 118 valence electrons. The van der Waals surface area contributed by atoms with Crippen LogP contribution in [0.2, 0.25) is 5.02 Å². The van der Waals surface area contributed by atoms with E-state index in [9.17, 15) is 15.3 Å². The third-order valence-corrected chi connectivity index (χ3v) is 4.87. The molecule has 0 spiro atoms. The molecule has 6 nitrogen and oxygen atoms in total. The minimum absolute atomic E-state index is 0.00664. The molecule has 8 heteroatoms. The van der Waals surface area contributed by atoms with Gasteiger partial charge in [0.1, 0.15) is 0 Å². The van der Waals surface area contributed by atoms with Gasteiger partial charge < -0.3 is 16.8 Å². The van der Waals surface area contributed by atoms with E-state index < -0.39 is 23.9 Å². The average molecular weight is 348 g/mol. The molecular weight excluding hydrogens is 334 g/mol. The van der Waals surface area contributed by atoms with Crippen molar-refractivity contribution in [3.63, 3.8) is 0 Å².